The van der Waals surface area contributed by atoms with Crippen LogP contribution in [0.15, 0.2) is 48.5 Å². The van der Waals surface area contributed by atoms with Crippen LogP contribution in [0.5, 0.6) is 0 Å². The molecule has 0 aliphatic rings. The number of hydrogen-bond donors (Lipinski definition) is 0. The van der Waals surface area contributed by atoms with Gasteiger partial charge in [-0.25, -0.2) is 14.6 Å². The van der Waals surface area contributed by atoms with Crippen LogP contribution in [-0.2, 0) is 15.9 Å². The number of hydrogen-bond acceptors (Lipinski definition) is 5. The monoisotopic (exact) mass is 341 g/mol. The second-order valence-corrected chi connectivity index (χ2v) is 5.62. The van der Waals surface area contributed by atoms with E-state index in [9.17, 15) is 9.59 Å². The van der Waals surface area contributed by atoms with Crippen LogP contribution in [0.2, 0.25) is 0 Å². The van der Waals surface area contributed by atoms with Gasteiger partial charge < -0.3 is 9.47 Å². The van der Waals surface area contributed by atoms with Gasteiger partial charge in [0.15, 0.2) is 0 Å². The molecule has 5 heteroatoms. The zero-order valence-electron chi connectivity index (χ0n) is 14.4. The Hall–Kier alpha value is -2.69. The Morgan fingerprint density at radius 3 is 2.12 bits per heavy atom. The SMILES string of the molecule is CCCCCOC(=O)c1cccc(C(=O)OCCc2ccccc2)n1. The summed E-state index contributed by atoms with van der Waals surface area (Å²) >= 11 is 0. The number of rotatable bonds is 9. The van der Waals surface area contributed by atoms with Crippen molar-refractivity contribution in [3.8, 4) is 0 Å². The summed E-state index contributed by atoms with van der Waals surface area (Å²) in [7, 11) is 0. The minimum atomic E-state index is -0.545. The summed E-state index contributed by atoms with van der Waals surface area (Å²) < 4.78 is 10.4. The number of unbranched alkanes of at least 4 members (excludes halogenated alkanes) is 2. The molecule has 0 aliphatic carbocycles. The quantitative estimate of drug-likeness (QED) is 0.512. The van der Waals surface area contributed by atoms with Crippen molar-refractivity contribution in [2.24, 2.45) is 0 Å². The average Bonchev–Trinajstić information content (AvgIpc) is 2.66. The number of aromatic nitrogens is 1. The van der Waals surface area contributed by atoms with E-state index >= 15 is 0 Å². The Labute approximate surface area is 148 Å². The van der Waals surface area contributed by atoms with Crippen LogP contribution in [0.3, 0.4) is 0 Å². The smallest absolute Gasteiger partial charge is 0.356 e. The van der Waals surface area contributed by atoms with Crippen molar-refractivity contribution < 1.29 is 19.1 Å². The number of esters is 2. The molecule has 0 N–H and O–H groups in total. The highest BCUT2D eigenvalue weighted by atomic mass is 16.5. The van der Waals surface area contributed by atoms with E-state index in [0.29, 0.717) is 13.0 Å². The fraction of sp³-hybridized carbons (Fsp3) is 0.350. The Balaban J connectivity index is 1.84. The molecule has 0 bridgehead atoms. The third kappa shape index (κ3) is 6.37. The molecule has 0 amide bonds. The molecular formula is C20H23NO4. The lowest BCUT2D eigenvalue weighted by Gasteiger charge is -2.07. The van der Waals surface area contributed by atoms with Gasteiger partial charge in [-0.2, -0.15) is 0 Å². The molecule has 0 unspecified atom stereocenters. The molecule has 0 spiro atoms. The van der Waals surface area contributed by atoms with E-state index in [2.05, 4.69) is 11.9 Å². The van der Waals surface area contributed by atoms with Crippen LogP contribution in [-0.4, -0.2) is 30.1 Å². The Kier molecular flexibility index (Phi) is 7.63. The van der Waals surface area contributed by atoms with Gasteiger partial charge in [-0.05, 0) is 24.1 Å². The number of benzene rings is 1. The molecule has 0 radical (unpaired) electrons. The van der Waals surface area contributed by atoms with Crippen LogP contribution >= 0.6 is 0 Å². The van der Waals surface area contributed by atoms with Gasteiger partial charge in [-0.15, -0.1) is 0 Å². The van der Waals surface area contributed by atoms with Gasteiger partial charge in [-0.3, -0.25) is 0 Å². The highest BCUT2D eigenvalue weighted by molar-refractivity contribution is 5.91. The minimum absolute atomic E-state index is 0.107. The summed E-state index contributed by atoms with van der Waals surface area (Å²) in [6, 6.07) is 14.4. The first kappa shape index (κ1) is 18.6. The number of ether oxygens (including phenoxy) is 2. The van der Waals surface area contributed by atoms with Gasteiger partial charge in [0.2, 0.25) is 0 Å². The average molecular weight is 341 g/mol. The Morgan fingerprint density at radius 1 is 0.840 bits per heavy atom. The molecule has 132 valence electrons. The van der Waals surface area contributed by atoms with Crippen molar-refractivity contribution >= 4 is 11.9 Å². The van der Waals surface area contributed by atoms with E-state index < -0.39 is 11.9 Å². The third-order valence-electron chi connectivity index (χ3n) is 3.62. The van der Waals surface area contributed by atoms with E-state index in [1.807, 2.05) is 30.3 Å². The molecule has 0 aliphatic heterocycles. The van der Waals surface area contributed by atoms with Crippen molar-refractivity contribution in [1.82, 2.24) is 4.98 Å². The lowest BCUT2D eigenvalue weighted by atomic mass is 10.2. The summed E-state index contributed by atoms with van der Waals surface area (Å²) in [5.74, 6) is -1.06. The van der Waals surface area contributed by atoms with Gasteiger partial charge in [0.25, 0.3) is 0 Å². The van der Waals surface area contributed by atoms with E-state index in [4.69, 9.17) is 9.47 Å². The second kappa shape index (κ2) is 10.2. The molecule has 25 heavy (non-hydrogen) atoms. The van der Waals surface area contributed by atoms with E-state index in [-0.39, 0.29) is 18.0 Å². The summed E-state index contributed by atoms with van der Waals surface area (Å²) in [6.45, 7) is 2.70. The molecule has 2 rings (SSSR count). The van der Waals surface area contributed by atoms with E-state index in [1.165, 1.54) is 12.1 Å². The van der Waals surface area contributed by atoms with Crippen LogP contribution in [0, 0.1) is 0 Å². The molecule has 5 nitrogen and oxygen atoms in total. The summed E-state index contributed by atoms with van der Waals surface area (Å²) in [5.41, 5.74) is 1.32. The van der Waals surface area contributed by atoms with Crippen molar-refractivity contribution in [3.63, 3.8) is 0 Å². The molecule has 0 saturated heterocycles. The Morgan fingerprint density at radius 2 is 1.48 bits per heavy atom. The fourth-order valence-electron chi connectivity index (χ4n) is 2.23. The van der Waals surface area contributed by atoms with Gasteiger partial charge in [-0.1, -0.05) is 56.2 Å². The third-order valence-corrected chi connectivity index (χ3v) is 3.62. The molecule has 0 atom stereocenters. The van der Waals surface area contributed by atoms with Crippen molar-refractivity contribution in [2.75, 3.05) is 13.2 Å². The van der Waals surface area contributed by atoms with Crippen LogP contribution in [0.1, 0.15) is 52.7 Å². The molecule has 2 aromatic rings. The fourth-order valence-corrected chi connectivity index (χ4v) is 2.23. The second-order valence-electron chi connectivity index (χ2n) is 5.62. The van der Waals surface area contributed by atoms with E-state index in [0.717, 1.165) is 24.8 Å². The van der Waals surface area contributed by atoms with Gasteiger partial charge in [0.1, 0.15) is 11.4 Å². The number of nitrogens with zero attached hydrogens (tertiary/aromatic N) is 1. The van der Waals surface area contributed by atoms with Gasteiger partial charge >= 0.3 is 11.9 Å². The van der Waals surface area contributed by atoms with Crippen LogP contribution in [0.4, 0.5) is 0 Å². The molecule has 1 heterocycles. The van der Waals surface area contributed by atoms with E-state index in [1.54, 1.807) is 6.07 Å². The summed E-state index contributed by atoms with van der Waals surface area (Å²) in [4.78, 5) is 28.1. The summed E-state index contributed by atoms with van der Waals surface area (Å²) in [5, 5.41) is 0. The molecule has 1 aromatic heterocycles. The first-order valence-corrected chi connectivity index (χ1v) is 8.56. The zero-order chi connectivity index (χ0) is 17.9. The lowest BCUT2D eigenvalue weighted by Crippen LogP contribution is -2.14. The molecule has 1 aromatic carbocycles. The molecule has 0 saturated carbocycles. The number of carbonyl (C=O) groups excluding carboxylic acids is 2. The van der Waals surface area contributed by atoms with Gasteiger partial charge in [0.05, 0.1) is 13.2 Å². The maximum absolute atomic E-state index is 12.1. The van der Waals surface area contributed by atoms with Crippen molar-refractivity contribution in [2.45, 2.75) is 32.6 Å². The maximum atomic E-state index is 12.1. The van der Waals surface area contributed by atoms with Crippen molar-refractivity contribution in [3.05, 3.63) is 65.5 Å². The first-order chi connectivity index (χ1) is 12.2. The number of pyridine rings is 1. The highest BCUT2D eigenvalue weighted by Crippen LogP contribution is 2.06. The zero-order valence-corrected chi connectivity index (χ0v) is 14.4. The predicted octanol–water partition coefficient (Wildman–Crippen LogP) is 3.83. The van der Waals surface area contributed by atoms with Crippen LogP contribution < -0.4 is 0 Å². The molecular weight excluding hydrogens is 318 g/mol. The number of carbonyl (C=O) groups is 2. The molecule has 0 fully saturated rings. The lowest BCUT2D eigenvalue weighted by molar-refractivity contribution is 0.0487. The predicted molar refractivity (Wildman–Crippen MR) is 94.5 cm³/mol. The van der Waals surface area contributed by atoms with Crippen molar-refractivity contribution in [1.29, 1.82) is 0 Å². The topological polar surface area (TPSA) is 65.5 Å². The Bertz CT molecular complexity index is 685. The maximum Gasteiger partial charge on any atom is 0.356 e. The highest BCUT2D eigenvalue weighted by Gasteiger charge is 2.14. The standard InChI is InChI=1S/C20H23NO4/c1-2-3-7-14-24-19(22)17-11-8-12-18(21-17)20(23)25-15-13-16-9-5-4-6-10-16/h4-6,8-12H,2-3,7,13-15H2,1H3. The summed E-state index contributed by atoms with van der Waals surface area (Å²) in [6.07, 6.45) is 3.52. The first-order valence-electron chi connectivity index (χ1n) is 8.56. The largest absolute Gasteiger partial charge is 0.461 e. The minimum Gasteiger partial charge on any atom is -0.461 e. The van der Waals surface area contributed by atoms with Crippen LogP contribution in [0.25, 0.3) is 0 Å². The normalized spacial score (nSPS) is 10.3. The van der Waals surface area contributed by atoms with Gasteiger partial charge in [0, 0.05) is 6.42 Å².